The van der Waals surface area contributed by atoms with Crippen LogP contribution in [-0.2, 0) is 6.42 Å². The highest BCUT2D eigenvalue weighted by Gasteiger charge is 2.17. The first-order valence-corrected chi connectivity index (χ1v) is 8.00. The molecule has 0 aliphatic heterocycles. The van der Waals surface area contributed by atoms with Crippen LogP contribution in [0.25, 0.3) is 0 Å². The lowest BCUT2D eigenvalue weighted by Crippen LogP contribution is -2.36. The maximum atomic E-state index is 3.76. The Morgan fingerprint density at radius 2 is 1.74 bits per heavy atom. The van der Waals surface area contributed by atoms with Gasteiger partial charge in [0, 0.05) is 6.04 Å². The van der Waals surface area contributed by atoms with Gasteiger partial charge >= 0.3 is 0 Å². The second-order valence-electron chi connectivity index (χ2n) is 5.60. The Balaban J connectivity index is 2.59. The molecule has 1 N–H and O–H groups in total. The van der Waals surface area contributed by atoms with Crippen LogP contribution in [0.1, 0.15) is 57.6 Å². The van der Waals surface area contributed by atoms with E-state index in [0.717, 1.165) is 12.5 Å². The minimum absolute atomic E-state index is 0.676. The zero-order valence-corrected chi connectivity index (χ0v) is 13.2. The second-order valence-corrected chi connectivity index (χ2v) is 5.60. The average Bonchev–Trinajstić information content (AvgIpc) is 2.43. The van der Waals surface area contributed by atoms with Crippen LogP contribution >= 0.6 is 0 Å². The van der Waals surface area contributed by atoms with Crippen LogP contribution in [0.5, 0.6) is 0 Å². The number of aryl methyl sites for hydroxylation is 2. The Kier molecular flexibility index (Phi) is 7.81. The average molecular weight is 261 g/mol. The smallest absolute Gasteiger partial charge is 0.00982 e. The highest BCUT2D eigenvalue weighted by atomic mass is 14.9. The van der Waals surface area contributed by atoms with Crippen molar-refractivity contribution in [2.45, 2.75) is 65.8 Å². The molecule has 0 saturated carbocycles. The van der Waals surface area contributed by atoms with Crippen molar-refractivity contribution in [2.24, 2.45) is 5.92 Å². The van der Waals surface area contributed by atoms with Crippen LogP contribution in [0.2, 0.25) is 0 Å². The normalized spacial score (nSPS) is 12.9. The zero-order valence-electron chi connectivity index (χ0n) is 13.2. The summed E-state index contributed by atoms with van der Waals surface area (Å²) in [6.07, 6.45) is 6.25. The van der Waals surface area contributed by atoms with Crippen molar-refractivity contribution < 1.29 is 0 Å². The van der Waals surface area contributed by atoms with Gasteiger partial charge < -0.3 is 5.32 Å². The molecule has 0 aromatic heterocycles. The van der Waals surface area contributed by atoms with Gasteiger partial charge in [-0.25, -0.2) is 0 Å². The lowest BCUT2D eigenvalue weighted by molar-refractivity contribution is 0.318. The fourth-order valence-electron chi connectivity index (χ4n) is 2.89. The number of hydrogen-bond acceptors (Lipinski definition) is 1. The number of nitrogens with one attached hydrogen (secondary N) is 1. The van der Waals surface area contributed by atoms with E-state index in [9.17, 15) is 0 Å². The SMILES string of the molecule is CCCNC(CCc1ccccc1C)C(CC)CC. The Bertz CT molecular complexity index is 341. The zero-order chi connectivity index (χ0) is 14.1. The van der Waals surface area contributed by atoms with E-state index in [-0.39, 0.29) is 0 Å². The highest BCUT2D eigenvalue weighted by molar-refractivity contribution is 5.25. The molecule has 1 aromatic rings. The third-order valence-electron chi connectivity index (χ3n) is 4.26. The summed E-state index contributed by atoms with van der Waals surface area (Å²) in [5.74, 6) is 0.815. The summed E-state index contributed by atoms with van der Waals surface area (Å²) in [4.78, 5) is 0. The van der Waals surface area contributed by atoms with Crippen molar-refractivity contribution in [1.82, 2.24) is 5.32 Å². The molecule has 108 valence electrons. The number of benzene rings is 1. The summed E-state index contributed by atoms with van der Waals surface area (Å²) in [5, 5.41) is 3.76. The Morgan fingerprint density at radius 1 is 1.05 bits per heavy atom. The van der Waals surface area contributed by atoms with E-state index >= 15 is 0 Å². The van der Waals surface area contributed by atoms with Crippen LogP contribution in [0.15, 0.2) is 24.3 Å². The summed E-state index contributed by atoms with van der Waals surface area (Å²) < 4.78 is 0. The molecule has 1 rings (SSSR count). The van der Waals surface area contributed by atoms with E-state index in [4.69, 9.17) is 0 Å². The Hall–Kier alpha value is -0.820. The van der Waals surface area contributed by atoms with Crippen molar-refractivity contribution in [2.75, 3.05) is 6.54 Å². The molecular formula is C18H31N. The minimum Gasteiger partial charge on any atom is -0.314 e. The standard InChI is InChI=1S/C18H31N/c1-5-14-19-18(16(6-2)7-3)13-12-17-11-9-8-10-15(17)4/h8-11,16,18-19H,5-7,12-14H2,1-4H3. The topological polar surface area (TPSA) is 12.0 Å². The van der Waals surface area contributed by atoms with Crippen LogP contribution < -0.4 is 5.32 Å². The highest BCUT2D eigenvalue weighted by Crippen LogP contribution is 2.19. The first kappa shape index (κ1) is 16.2. The predicted octanol–water partition coefficient (Wildman–Crippen LogP) is 4.73. The molecule has 1 unspecified atom stereocenters. The number of rotatable bonds is 9. The van der Waals surface area contributed by atoms with Gasteiger partial charge in [-0.2, -0.15) is 0 Å². The first-order valence-electron chi connectivity index (χ1n) is 8.00. The van der Waals surface area contributed by atoms with Crippen molar-refractivity contribution >= 4 is 0 Å². The summed E-state index contributed by atoms with van der Waals surface area (Å²) in [6.45, 7) is 10.3. The molecule has 0 aliphatic rings. The maximum absolute atomic E-state index is 3.76. The minimum atomic E-state index is 0.676. The van der Waals surface area contributed by atoms with Gasteiger partial charge in [-0.3, -0.25) is 0 Å². The lowest BCUT2D eigenvalue weighted by atomic mass is 9.89. The molecule has 0 bridgehead atoms. The van der Waals surface area contributed by atoms with Crippen molar-refractivity contribution in [3.8, 4) is 0 Å². The quantitative estimate of drug-likeness (QED) is 0.677. The third-order valence-corrected chi connectivity index (χ3v) is 4.26. The molecule has 0 saturated heterocycles. The van der Waals surface area contributed by atoms with Crippen LogP contribution in [0.3, 0.4) is 0 Å². The van der Waals surface area contributed by atoms with Crippen LogP contribution in [0.4, 0.5) is 0 Å². The van der Waals surface area contributed by atoms with E-state index < -0.39 is 0 Å². The second kappa shape index (κ2) is 9.14. The summed E-state index contributed by atoms with van der Waals surface area (Å²) in [6, 6.07) is 9.47. The molecule has 19 heavy (non-hydrogen) atoms. The first-order chi connectivity index (χ1) is 9.22. The van der Waals surface area contributed by atoms with Crippen molar-refractivity contribution in [3.63, 3.8) is 0 Å². The van der Waals surface area contributed by atoms with E-state index in [0.29, 0.717) is 6.04 Å². The fourth-order valence-corrected chi connectivity index (χ4v) is 2.89. The van der Waals surface area contributed by atoms with Gasteiger partial charge in [0.1, 0.15) is 0 Å². The monoisotopic (exact) mass is 261 g/mol. The fraction of sp³-hybridized carbons (Fsp3) is 0.667. The Labute approximate surface area is 119 Å². The van der Waals surface area contributed by atoms with Gasteiger partial charge in [-0.1, -0.05) is 57.9 Å². The molecule has 0 heterocycles. The van der Waals surface area contributed by atoms with E-state index in [1.54, 1.807) is 0 Å². The molecule has 1 aromatic carbocycles. The summed E-state index contributed by atoms with van der Waals surface area (Å²) in [5.41, 5.74) is 2.94. The van der Waals surface area contributed by atoms with E-state index in [1.807, 2.05) is 0 Å². The summed E-state index contributed by atoms with van der Waals surface area (Å²) >= 11 is 0. The van der Waals surface area contributed by atoms with Crippen LogP contribution in [0, 0.1) is 12.8 Å². The van der Waals surface area contributed by atoms with Gasteiger partial charge in [0.15, 0.2) is 0 Å². The van der Waals surface area contributed by atoms with Gasteiger partial charge in [0.05, 0.1) is 0 Å². The Morgan fingerprint density at radius 3 is 2.32 bits per heavy atom. The molecule has 0 spiro atoms. The van der Waals surface area contributed by atoms with Crippen molar-refractivity contribution in [1.29, 1.82) is 0 Å². The largest absolute Gasteiger partial charge is 0.314 e. The van der Waals surface area contributed by atoms with E-state index in [1.165, 1.54) is 43.2 Å². The maximum Gasteiger partial charge on any atom is 0.00982 e. The van der Waals surface area contributed by atoms with Crippen molar-refractivity contribution in [3.05, 3.63) is 35.4 Å². The van der Waals surface area contributed by atoms with E-state index in [2.05, 4.69) is 57.3 Å². The molecule has 1 heteroatoms. The number of hydrogen-bond donors (Lipinski definition) is 1. The molecular weight excluding hydrogens is 230 g/mol. The van der Waals surface area contributed by atoms with Gasteiger partial charge in [0.25, 0.3) is 0 Å². The molecule has 0 amide bonds. The third kappa shape index (κ3) is 5.36. The molecule has 0 radical (unpaired) electrons. The van der Waals surface area contributed by atoms with Gasteiger partial charge in [-0.05, 0) is 49.8 Å². The molecule has 1 nitrogen and oxygen atoms in total. The van der Waals surface area contributed by atoms with Crippen LogP contribution in [-0.4, -0.2) is 12.6 Å². The van der Waals surface area contributed by atoms with Gasteiger partial charge in [-0.15, -0.1) is 0 Å². The molecule has 0 aliphatic carbocycles. The summed E-state index contributed by atoms with van der Waals surface area (Å²) in [7, 11) is 0. The molecule has 1 atom stereocenters. The van der Waals surface area contributed by atoms with Gasteiger partial charge in [0.2, 0.25) is 0 Å². The lowest BCUT2D eigenvalue weighted by Gasteiger charge is -2.27. The molecule has 0 fully saturated rings. The predicted molar refractivity (Wildman–Crippen MR) is 85.7 cm³/mol.